The number of cyclic esters (lactones) is 1. The van der Waals surface area contributed by atoms with Gasteiger partial charge in [0.15, 0.2) is 6.10 Å². The Kier molecular flexibility index (Phi) is 5.86. The molecule has 3 nitrogen and oxygen atoms in total. The Hall–Kier alpha value is -1.09. The van der Waals surface area contributed by atoms with Crippen molar-refractivity contribution in [2.45, 2.75) is 51.2 Å². The first-order valence-electron chi connectivity index (χ1n) is 5.97. The zero-order valence-corrected chi connectivity index (χ0v) is 9.76. The third-order valence-corrected chi connectivity index (χ3v) is 2.57. The lowest BCUT2D eigenvalue weighted by Gasteiger charge is -2.11. The quantitative estimate of drug-likeness (QED) is 0.410. The van der Waals surface area contributed by atoms with Crippen molar-refractivity contribution in [3.8, 4) is 0 Å². The van der Waals surface area contributed by atoms with Crippen LogP contribution in [0.4, 0.5) is 0 Å². The van der Waals surface area contributed by atoms with Gasteiger partial charge in [0.25, 0.3) is 0 Å². The van der Waals surface area contributed by atoms with Gasteiger partial charge in [-0.05, 0) is 18.9 Å². The molecule has 0 aromatic heterocycles. The van der Waals surface area contributed by atoms with Crippen molar-refractivity contribution in [3.05, 3.63) is 24.3 Å². The highest BCUT2D eigenvalue weighted by atomic mass is 16.6. The second-order valence-corrected chi connectivity index (χ2v) is 4.03. The van der Waals surface area contributed by atoms with Gasteiger partial charge in [-0.25, -0.2) is 4.79 Å². The van der Waals surface area contributed by atoms with Gasteiger partial charge in [-0.1, -0.05) is 38.3 Å². The van der Waals surface area contributed by atoms with Crippen LogP contribution in [0.25, 0.3) is 0 Å². The van der Waals surface area contributed by atoms with Crippen molar-refractivity contribution in [2.24, 2.45) is 0 Å². The zero-order valence-electron chi connectivity index (χ0n) is 9.76. The van der Waals surface area contributed by atoms with Crippen LogP contribution in [0.1, 0.15) is 39.0 Å². The largest absolute Gasteiger partial charge is 0.452 e. The predicted molar refractivity (Wildman–Crippen MR) is 62.9 cm³/mol. The van der Waals surface area contributed by atoms with E-state index >= 15 is 0 Å². The Bertz CT molecular complexity index is 268. The third kappa shape index (κ3) is 4.62. The molecule has 2 atom stereocenters. The number of esters is 1. The maximum atomic E-state index is 10.8. The van der Waals surface area contributed by atoms with Gasteiger partial charge >= 0.3 is 5.97 Å². The van der Waals surface area contributed by atoms with Crippen molar-refractivity contribution in [2.75, 3.05) is 0 Å². The topological polar surface area (TPSA) is 46.5 Å². The van der Waals surface area contributed by atoms with Crippen LogP contribution in [0.15, 0.2) is 24.3 Å². The summed E-state index contributed by atoms with van der Waals surface area (Å²) in [5.41, 5.74) is 0. The predicted octanol–water partition coefficient (Wildman–Crippen LogP) is 2.36. The minimum Gasteiger partial charge on any atom is -0.452 e. The first-order chi connectivity index (χ1) is 7.74. The lowest BCUT2D eigenvalue weighted by atomic mass is 10.1. The summed E-state index contributed by atoms with van der Waals surface area (Å²) in [4.78, 5) is 10.8. The molecule has 0 aromatic rings. The molecule has 1 aliphatic rings. The highest BCUT2D eigenvalue weighted by Gasteiger charge is 2.22. The Balaban J connectivity index is 2.13. The van der Waals surface area contributed by atoms with E-state index in [4.69, 9.17) is 4.74 Å². The monoisotopic (exact) mass is 224 g/mol. The van der Waals surface area contributed by atoms with Gasteiger partial charge in [0.1, 0.15) is 6.10 Å². The van der Waals surface area contributed by atoms with Gasteiger partial charge in [0, 0.05) is 6.08 Å². The fourth-order valence-electron chi connectivity index (χ4n) is 1.60. The van der Waals surface area contributed by atoms with Crippen LogP contribution in [0.2, 0.25) is 0 Å². The zero-order chi connectivity index (χ0) is 11.8. The van der Waals surface area contributed by atoms with Crippen molar-refractivity contribution in [1.29, 1.82) is 0 Å². The Labute approximate surface area is 96.8 Å². The highest BCUT2D eigenvalue weighted by molar-refractivity contribution is 5.84. The van der Waals surface area contributed by atoms with Crippen molar-refractivity contribution >= 4 is 5.97 Å². The molecule has 0 amide bonds. The van der Waals surface area contributed by atoms with Gasteiger partial charge in [-0.3, -0.25) is 0 Å². The standard InChI is InChI=1S/C13H20O3/c1-2-3-4-5-6-7-8-11(14)12-9-10-13(15)16-12/h7-12,14H,2-6H2,1H3/b8-7+/t11-,12-/m0/s1. The minimum atomic E-state index is -0.714. The van der Waals surface area contributed by atoms with E-state index in [1.165, 1.54) is 25.3 Å². The van der Waals surface area contributed by atoms with E-state index in [1.807, 2.05) is 6.08 Å². The van der Waals surface area contributed by atoms with E-state index in [0.717, 1.165) is 12.8 Å². The minimum absolute atomic E-state index is 0.375. The molecular formula is C13H20O3. The molecule has 0 aliphatic carbocycles. The van der Waals surface area contributed by atoms with Gasteiger partial charge in [-0.2, -0.15) is 0 Å². The Morgan fingerprint density at radius 1 is 1.50 bits per heavy atom. The number of hydrogen-bond donors (Lipinski definition) is 1. The molecule has 0 radical (unpaired) electrons. The SMILES string of the molecule is CCCCCC/C=C/[C@H](O)[C@@H]1C=CC(=O)O1. The molecule has 1 heterocycles. The summed E-state index contributed by atoms with van der Waals surface area (Å²) in [6.07, 6.45) is 11.2. The molecule has 1 N–H and O–H groups in total. The fourth-order valence-corrected chi connectivity index (χ4v) is 1.60. The Morgan fingerprint density at radius 3 is 2.94 bits per heavy atom. The van der Waals surface area contributed by atoms with E-state index in [0.29, 0.717) is 0 Å². The summed E-state index contributed by atoms with van der Waals surface area (Å²) in [5.74, 6) is -0.375. The number of aliphatic hydroxyl groups is 1. The number of aliphatic hydroxyl groups excluding tert-OH is 1. The molecule has 3 heteroatoms. The number of ether oxygens (including phenoxy) is 1. The van der Waals surface area contributed by atoms with Crippen LogP contribution >= 0.6 is 0 Å². The second-order valence-electron chi connectivity index (χ2n) is 4.03. The number of hydrogen-bond acceptors (Lipinski definition) is 3. The van der Waals surface area contributed by atoms with Crippen LogP contribution in [0.3, 0.4) is 0 Å². The lowest BCUT2D eigenvalue weighted by Crippen LogP contribution is -2.23. The van der Waals surface area contributed by atoms with Crippen LogP contribution in [-0.2, 0) is 9.53 Å². The fraction of sp³-hybridized carbons (Fsp3) is 0.615. The maximum absolute atomic E-state index is 10.8. The molecule has 0 saturated carbocycles. The molecule has 1 rings (SSSR count). The molecule has 0 bridgehead atoms. The average molecular weight is 224 g/mol. The molecular weight excluding hydrogens is 204 g/mol. The molecule has 0 saturated heterocycles. The third-order valence-electron chi connectivity index (χ3n) is 2.57. The second kappa shape index (κ2) is 7.23. The molecule has 0 spiro atoms. The van der Waals surface area contributed by atoms with Gasteiger partial charge in [0.2, 0.25) is 0 Å². The maximum Gasteiger partial charge on any atom is 0.331 e. The van der Waals surface area contributed by atoms with E-state index in [2.05, 4.69) is 6.92 Å². The van der Waals surface area contributed by atoms with E-state index in [1.54, 1.807) is 12.2 Å². The first-order valence-corrected chi connectivity index (χ1v) is 5.97. The molecule has 16 heavy (non-hydrogen) atoms. The number of carbonyl (C=O) groups is 1. The average Bonchev–Trinajstić information content (AvgIpc) is 2.70. The summed E-state index contributed by atoms with van der Waals surface area (Å²) in [5, 5.41) is 9.65. The summed E-state index contributed by atoms with van der Waals surface area (Å²) >= 11 is 0. The van der Waals surface area contributed by atoms with Gasteiger partial charge in [0.05, 0.1) is 0 Å². The molecule has 0 unspecified atom stereocenters. The van der Waals surface area contributed by atoms with Crippen LogP contribution in [-0.4, -0.2) is 23.3 Å². The van der Waals surface area contributed by atoms with Gasteiger partial charge < -0.3 is 9.84 Å². The number of allylic oxidation sites excluding steroid dienone is 1. The van der Waals surface area contributed by atoms with Crippen LogP contribution in [0, 0.1) is 0 Å². The van der Waals surface area contributed by atoms with E-state index < -0.39 is 12.2 Å². The highest BCUT2D eigenvalue weighted by Crippen LogP contribution is 2.11. The first kappa shape index (κ1) is 13.0. The summed E-state index contributed by atoms with van der Waals surface area (Å²) in [6, 6.07) is 0. The van der Waals surface area contributed by atoms with Crippen LogP contribution < -0.4 is 0 Å². The number of rotatable bonds is 7. The summed E-state index contributed by atoms with van der Waals surface area (Å²) < 4.78 is 4.87. The number of carbonyl (C=O) groups excluding carboxylic acids is 1. The van der Waals surface area contributed by atoms with Gasteiger partial charge in [-0.15, -0.1) is 0 Å². The summed E-state index contributed by atoms with van der Waals surface area (Å²) in [6.45, 7) is 2.18. The molecule has 0 fully saturated rings. The molecule has 1 aliphatic heterocycles. The van der Waals surface area contributed by atoms with Crippen molar-refractivity contribution in [1.82, 2.24) is 0 Å². The summed E-state index contributed by atoms with van der Waals surface area (Å²) in [7, 11) is 0. The normalized spacial score (nSPS) is 21.6. The van der Waals surface area contributed by atoms with Crippen molar-refractivity contribution in [3.63, 3.8) is 0 Å². The molecule has 0 aromatic carbocycles. The lowest BCUT2D eigenvalue weighted by molar-refractivity contribution is -0.141. The van der Waals surface area contributed by atoms with E-state index in [9.17, 15) is 9.90 Å². The smallest absolute Gasteiger partial charge is 0.331 e. The van der Waals surface area contributed by atoms with E-state index in [-0.39, 0.29) is 5.97 Å². The number of unbranched alkanes of at least 4 members (excludes halogenated alkanes) is 4. The molecule has 90 valence electrons. The van der Waals surface area contributed by atoms with Crippen molar-refractivity contribution < 1.29 is 14.6 Å². The van der Waals surface area contributed by atoms with Crippen LogP contribution in [0.5, 0.6) is 0 Å². The Morgan fingerprint density at radius 2 is 2.31 bits per heavy atom.